The van der Waals surface area contributed by atoms with E-state index >= 15 is 0 Å². The quantitative estimate of drug-likeness (QED) is 0.616. The van der Waals surface area contributed by atoms with Gasteiger partial charge in [0.05, 0.1) is 0 Å². The van der Waals surface area contributed by atoms with Crippen molar-refractivity contribution in [3.8, 4) is 0 Å². The Labute approximate surface area is 125 Å². The Morgan fingerprint density at radius 1 is 1.40 bits per heavy atom. The predicted octanol–water partition coefficient (Wildman–Crippen LogP) is 3.97. The molecule has 0 saturated heterocycles. The molecule has 0 aliphatic heterocycles. The topological polar surface area (TPSA) is 55.1 Å². The van der Waals surface area contributed by atoms with Crippen molar-refractivity contribution < 1.29 is 4.79 Å². The maximum atomic E-state index is 11.9. The minimum absolute atomic E-state index is 0.0886. The number of nitrogen functional groups attached to an aromatic ring is 1. The second kappa shape index (κ2) is 7.58. The lowest BCUT2D eigenvalue weighted by Gasteiger charge is -2.11. The predicted molar refractivity (Wildman–Crippen MR) is 88.2 cm³/mol. The highest BCUT2D eigenvalue weighted by molar-refractivity contribution is 7.99. The molecule has 1 aliphatic rings. The van der Waals surface area contributed by atoms with Gasteiger partial charge in [-0.15, -0.1) is 0 Å². The Kier molecular flexibility index (Phi) is 5.77. The summed E-state index contributed by atoms with van der Waals surface area (Å²) in [6.07, 6.45) is 7.03. The number of carbonyl (C=O) groups is 1. The van der Waals surface area contributed by atoms with Crippen LogP contribution in [0.1, 0.15) is 44.1 Å². The Balaban J connectivity index is 1.68. The third-order valence-electron chi connectivity index (χ3n) is 3.85. The van der Waals surface area contributed by atoms with Gasteiger partial charge in [-0.1, -0.05) is 18.9 Å². The fourth-order valence-electron chi connectivity index (χ4n) is 2.54. The number of nitrogens with two attached hydrogens (primary N) is 1. The van der Waals surface area contributed by atoms with Crippen LogP contribution < -0.4 is 11.1 Å². The van der Waals surface area contributed by atoms with Crippen LogP contribution in [0.25, 0.3) is 0 Å². The van der Waals surface area contributed by atoms with Crippen LogP contribution in [0.15, 0.2) is 18.2 Å². The summed E-state index contributed by atoms with van der Waals surface area (Å²) < 4.78 is 0. The van der Waals surface area contributed by atoms with E-state index in [1.807, 2.05) is 36.9 Å². The molecule has 0 unspecified atom stereocenters. The molecule has 1 aromatic carbocycles. The molecule has 3 N–H and O–H groups in total. The lowest BCUT2D eigenvalue weighted by molar-refractivity contribution is -0.116. The molecule has 1 saturated carbocycles. The van der Waals surface area contributed by atoms with E-state index < -0.39 is 0 Å². The highest BCUT2D eigenvalue weighted by atomic mass is 32.2. The van der Waals surface area contributed by atoms with Gasteiger partial charge >= 0.3 is 0 Å². The minimum Gasteiger partial charge on any atom is -0.398 e. The van der Waals surface area contributed by atoms with E-state index in [4.69, 9.17) is 5.73 Å². The lowest BCUT2D eigenvalue weighted by atomic mass is 10.1. The maximum absolute atomic E-state index is 11.9. The van der Waals surface area contributed by atoms with Crippen LogP contribution in [0.5, 0.6) is 0 Å². The Bertz CT molecular complexity index is 456. The van der Waals surface area contributed by atoms with Crippen LogP contribution in [0.2, 0.25) is 0 Å². The van der Waals surface area contributed by atoms with Crippen LogP contribution in [0, 0.1) is 6.92 Å². The summed E-state index contributed by atoms with van der Waals surface area (Å²) in [7, 11) is 0. The van der Waals surface area contributed by atoms with Crippen molar-refractivity contribution in [2.24, 2.45) is 0 Å². The smallest absolute Gasteiger partial charge is 0.224 e. The van der Waals surface area contributed by atoms with Gasteiger partial charge in [0.2, 0.25) is 5.91 Å². The molecule has 0 bridgehead atoms. The molecule has 1 aromatic rings. The molecular formula is C16H24N2OS. The van der Waals surface area contributed by atoms with Crippen molar-refractivity contribution in [2.75, 3.05) is 16.8 Å². The zero-order valence-corrected chi connectivity index (χ0v) is 13.0. The average Bonchev–Trinajstić information content (AvgIpc) is 2.93. The number of carbonyl (C=O) groups excluding carboxylic acids is 1. The van der Waals surface area contributed by atoms with Gasteiger partial charge in [-0.05, 0) is 49.6 Å². The van der Waals surface area contributed by atoms with E-state index in [9.17, 15) is 4.79 Å². The van der Waals surface area contributed by atoms with Gasteiger partial charge < -0.3 is 11.1 Å². The molecule has 1 fully saturated rings. The third-order valence-corrected chi connectivity index (χ3v) is 5.32. The van der Waals surface area contributed by atoms with E-state index in [2.05, 4.69) is 5.32 Å². The van der Waals surface area contributed by atoms with Crippen LogP contribution in [0.4, 0.5) is 11.4 Å². The summed E-state index contributed by atoms with van der Waals surface area (Å²) in [5.41, 5.74) is 8.33. The van der Waals surface area contributed by atoms with E-state index in [0.717, 1.165) is 34.4 Å². The molecular weight excluding hydrogens is 268 g/mol. The first-order valence-corrected chi connectivity index (χ1v) is 8.48. The van der Waals surface area contributed by atoms with Crippen LogP contribution in [0.3, 0.4) is 0 Å². The summed E-state index contributed by atoms with van der Waals surface area (Å²) in [5, 5.41) is 3.79. The van der Waals surface area contributed by atoms with Crippen molar-refractivity contribution in [1.29, 1.82) is 0 Å². The van der Waals surface area contributed by atoms with Crippen LogP contribution >= 0.6 is 11.8 Å². The monoisotopic (exact) mass is 292 g/mol. The molecule has 0 atom stereocenters. The number of nitrogens with one attached hydrogen (secondary N) is 1. The molecule has 20 heavy (non-hydrogen) atoms. The molecule has 1 amide bonds. The van der Waals surface area contributed by atoms with Gasteiger partial charge in [0, 0.05) is 23.0 Å². The van der Waals surface area contributed by atoms with Gasteiger partial charge in [-0.25, -0.2) is 0 Å². The number of hydrogen-bond acceptors (Lipinski definition) is 3. The van der Waals surface area contributed by atoms with Gasteiger partial charge in [0.25, 0.3) is 0 Å². The lowest BCUT2D eigenvalue weighted by Crippen LogP contribution is -2.13. The number of rotatable bonds is 6. The molecule has 0 heterocycles. The summed E-state index contributed by atoms with van der Waals surface area (Å²) >= 11 is 2.04. The Morgan fingerprint density at radius 2 is 2.15 bits per heavy atom. The zero-order valence-electron chi connectivity index (χ0n) is 12.2. The van der Waals surface area contributed by atoms with Crippen molar-refractivity contribution >= 4 is 29.0 Å². The Hall–Kier alpha value is -1.16. The van der Waals surface area contributed by atoms with Crippen LogP contribution in [-0.2, 0) is 4.79 Å². The second-order valence-corrected chi connectivity index (χ2v) is 6.86. The van der Waals surface area contributed by atoms with Gasteiger partial charge in [0.1, 0.15) is 0 Å². The highest BCUT2D eigenvalue weighted by Gasteiger charge is 2.15. The van der Waals surface area contributed by atoms with Gasteiger partial charge in [-0.3, -0.25) is 4.79 Å². The molecule has 110 valence electrons. The summed E-state index contributed by atoms with van der Waals surface area (Å²) in [6.45, 7) is 1.93. The van der Waals surface area contributed by atoms with Crippen molar-refractivity contribution in [3.05, 3.63) is 23.8 Å². The summed E-state index contributed by atoms with van der Waals surface area (Å²) in [5.74, 6) is 1.18. The largest absolute Gasteiger partial charge is 0.398 e. The first kappa shape index (κ1) is 15.2. The summed E-state index contributed by atoms with van der Waals surface area (Å²) in [4.78, 5) is 11.9. The number of benzene rings is 1. The first-order chi connectivity index (χ1) is 9.66. The molecule has 3 nitrogen and oxygen atoms in total. The van der Waals surface area contributed by atoms with Crippen LogP contribution in [-0.4, -0.2) is 16.9 Å². The van der Waals surface area contributed by atoms with Crippen molar-refractivity contribution in [3.63, 3.8) is 0 Å². The van der Waals surface area contributed by atoms with Crippen molar-refractivity contribution in [1.82, 2.24) is 0 Å². The fraction of sp³-hybridized carbons (Fsp3) is 0.562. The molecule has 2 rings (SSSR count). The van der Waals surface area contributed by atoms with Crippen molar-refractivity contribution in [2.45, 2.75) is 50.7 Å². The number of thioether (sulfide) groups is 1. The standard InChI is InChI=1S/C16H24N2OS/c1-12-14(17)8-4-9-15(12)18-16(19)10-5-11-20-13-6-2-3-7-13/h4,8-9,13H,2-3,5-7,10-11,17H2,1H3,(H,18,19). The molecule has 4 heteroatoms. The molecule has 0 aromatic heterocycles. The zero-order chi connectivity index (χ0) is 14.4. The number of amides is 1. The number of anilines is 2. The Morgan fingerprint density at radius 3 is 2.90 bits per heavy atom. The third kappa shape index (κ3) is 4.44. The van der Waals surface area contributed by atoms with E-state index in [-0.39, 0.29) is 5.91 Å². The molecule has 1 aliphatic carbocycles. The minimum atomic E-state index is 0.0886. The first-order valence-electron chi connectivity index (χ1n) is 7.43. The molecule has 0 radical (unpaired) electrons. The van der Waals surface area contributed by atoms with E-state index in [0.29, 0.717) is 6.42 Å². The van der Waals surface area contributed by atoms with E-state index in [1.165, 1.54) is 25.7 Å². The normalized spacial score (nSPS) is 15.4. The number of hydrogen-bond donors (Lipinski definition) is 2. The fourth-order valence-corrected chi connectivity index (χ4v) is 3.85. The SMILES string of the molecule is Cc1c(N)cccc1NC(=O)CCCSC1CCCC1. The van der Waals surface area contributed by atoms with Gasteiger partial charge in [0.15, 0.2) is 0 Å². The maximum Gasteiger partial charge on any atom is 0.224 e. The molecule has 0 spiro atoms. The second-order valence-electron chi connectivity index (χ2n) is 5.45. The van der Waals surface area contributed by atoms with E-state index in [1.54, 1.807) is 0 Å². The average molecular weight is 292 g/mol. The highest BCUT2D eigenvalue weighted by Crippen LogP contribution is 2.29. The summed E-state index contributed by atoms with van der Waals surface area (Å²) in [6, 6.07) is 5.62. The van der Waals surface area contributed by atoms with Gasteiger partial charge in [-0.2, -0.15) is 11.8 Å².